The van der Waals surface area contributed by atoms with Crippen molar-refractivity contribution in [2.45, 2.75) is 20.3 Å². The van der Waals surface area contributed by atoms with Crippen molar-refractivity contribution in [2.75, 3.05) is 0 Å². The Hall–Kier alpha value is -0.560. The molecule has 0 spiro atoms. The number of halogens is 1. The summed E-state index contributed by atoms with van der Waals surface area (Å²) in [6.07, 6.45) is 0.517. The van der Waals surface area contributed by atoms with Gasteiger partial charge >= 0.3 is 0 Å². The van der Waals surface area contributed by atoms with Gasteiger partial charge in [-0.2, -0.15) is 5.26 Å². The molecule has 0 heterocycles. The predicted octanol–water partition coefficient (Wildman–Crippen LogP) is 2.97. The first-order valence-corrected chi connectivity index (χ1v) is 4.85. The lowest BCUT2D eigenvalue weighted by Gasteiger charge is -2.05. The van der Waals surface area contributed by atoms with Gasteiger partial charge in [-0.3, -0.25) is 0 Å². The normalized spacial score (nSPS) is 9.50. The maximum atomic E-state index is 8.57. The summed E-state index contributed by atoms with van der Waals surface area (Å²) in [6.45, 7) is 4.15. The van der Waals surface area contributed by atoms with Crippen molar-refractivity contribution in [3.63, 3.8) is 0 Å². The summed E-state index contributed by atoms with van der Waals surface area (Å²) in [5.74, 6) is 0. The van der Waals surface area contributed by atoms with Crippen LogP contribution in [0.2, 0.25) is 0 Å². The van der Waals surface area contributed by atoms with Crippen LogP contribution in [-0.4, -0.2) is 0 Å². The molecule has 12 heavy (non-hydrogen) atoms. The number of aryl methyl sites for hydroxylation is 1. The summed E-state index contributed by atoms with van der Waals surface area (Å²) >= 11 is 2.28. The van der Waals surface area contributed by atoms with Gasteiger partial charge in [-0.1, -0.05) is 0 Å². The third-order valence-corrected chi connectivity index (χ3v) is 2.63. The average Bonchev–Trinajstić information content (AvgIpc) is 2.00. The van der Waals surface area contributed by atoms with Gasteiger partial charge in [0.2, 0.25) is 0 Å². The minimum Gasteiger partial charge on any atom is -0.198 e. The summed E-state index contributed by atoms with van der Waals surface area (Å²) in [5, 5.41) is 8.57. The molecule has 0 N–H and O–H groups in total. The second-order valence-electron chi connectivity index (χ2n) is 2.84. The SMILES string of the molecule is Cc1cc(I)cc(CC#N)c1C. The van der Waals surface area contributed by atoms with E-state index in [0.29, 0.717) is 6.42 Å². The van der Waals surface area contributed by atoms with Crippen LogP contribution in [0.15, 0.2) is 12.1 Å². The molecule has 62 valence electrons. The lowest BCUT2D eigenvalue weighted by Crippen LogP contribution is -1.92. The van der Waals surface area contributed by atoms with Gasteiger partial charge in [0.25, 0.3) is 0 Å². The van der Waals surface area contributed by atoms with Crippen LogP contribution in [0.3, 0.4) is 0 Å². The number of nitrogens with zero attached hydrogens (tertiary/aromatic N) is 1. The molecule has 0 fully saturated rings. The molecule has 1 rings (SSSR count). The van der Waals surface area contributed by atoms with Gasteiger partial charge in [-0.25, -0.2) is 0 Å². The van der Waals surface area contributed by atoms with Gasteiger partial charge in [0.05, 0.1) is 12.5 Å². The first-order valence-electron chi connectivity index (χ1n) is 3.77. The number of nitriles is 1. The minimum atomic E-state index is 0.517. The van der Waals surface area contributed by atoms with E-state index < -0.39 is 0 Å². The van der Waals surface area contributed by atoms with E-state index in [-0.39, 0.29) is 0 Å². The highest BCUT2D eigenvalue weighted by molar-refractivity contribution is 14.1. The molecular formula is C10H10IN. The fraction of sp³-hybridized carbons (Fsp3) is 0.300. The Balaban J connectivity index is 3.20. The van der Waals surface area contributed by atoms with Crippen molar-refractivity contribution in [3.8, 4) is 6.07 Å². The second kappa shape index (κ2) is 3.90. The van der Waals surface area contributed by atoms with Crippen LogP contribution in [0.1, 0.15) is 16.7 Å². The van der Waals surface area contributed by atoms with Gasteiger partial charge in [-0.15, -0.1) is 0 Å². The predicted molar refractivity (Wildman–Crippen MR) is 58.0 cm³/mol. The molecule has 0 amide bonds. The molecule has 0 aliphatic rings. The average molecular weight is 271 g/mol. The highest BCUT2D eigenvalue weighted by Gasteiger charge is 2.01. The van der Waals surface area contributed by atoms with Crippen LogP contribution >= 0.6 is 22.6 Å². The summed E-state index contributed by atoms with van der Waals surface area (Å²) in [5.41, 5.74) is 3.67. The maximum Gasteiger partial charge on any atom is 0.0669 e. The van der Waals surface area contributed by atoms with Gasteiger partial charge in [0.1, 0.15) is 0 Å². The molecular weight excluding hydrogens is 261 g/mol. The summed E-state index contributed by atoms with van der Waals surface area (Å²) in [4.78, 5) is 0. The van der Waals surface area contributed by atoms with E-state index in [0.717, 1.165) is 5.56 Å². The Morgan fingerprint density at radius 3 is 2.67 bits per heavy atom. The van der Waals surface area contributed by atoms with Gasteiger partial charge in [-0.05, 0) is 65.3 Å². The zero-order valence-corrected chi connectivity index (χ0v) is 9.34. The van der Waals surface area contributed by atoms with E-state index in [2.05, 4.69) is 54.6 Å². The molecule has 1 nitrogen and oxygen atoms in total. The van der Waals surface area contributed by atoms with Crippen LogP contribution in [-0.2, 0) is 6.42 Å². The fourth-order valence-electron chi connectivity index (χ4n) is 1.15. The third kappa shape index (κ3) is 1.98. The molecule has 0 unspecified atom stereocenters. The van der Waals surface area contributed by atoms with E-state index in [9.17, 15) is 0 Å². The molecule has 0 saturated carbocycles. The van der Waals surface area contributed by atoms with Crippen molar-refractivity contribution in [3.05, 3.63) is 32.4 Å². The molecule has 2 heteroatoms. The van der Waals surface area contributed by atoms with E-state index in [1.165, 1.54) is 14.7 Å². The number of hydrogen-bond acceptors (Lipinski definition) is 1. The van der Waals surface area contributed by atoms with Gasteiger partial charge in [0, 0.05) is 3.57 Å². The standard InChI is InChI=1S/C10H10IN/c1-7-5-10(11)6-9(3-4-12)8(7)2/h5-6H,3H2,1-2H3. The highest BCUT2D eigenvalue weighted by Crippen LogP contribution is 2.17. The Morgan fingerprint density at radius 2 is 2.08 bits per heavy atom. The van der Waals surface area contributed by atoms with Crippen LogP contribution in [0.5, 0.6) is 0 Å². The molecule has 0 saturated heterocycles. The molecule has 0 atom stereocenters. The van der Waals surface area contributed by atoms with Crippen molar-refractivity contribution in [1.82, 2.24) is 0 Å². The Labute approximate surface area is 86.5 Å². The van der Waals surface area contributed by atoms with Gasteiger partial charge < -0.3 is 0 Å². The largest absolute Gasteiger partial charge is 0.198 e. The van der Waals surface area contributed by atoms with E-state index >= 15 is 0 Å². The molecule has 0 aromatic heterocycles. The molecule has 1 aromatic carbocycles. The molecule has 0 aliphatic heterocycles. The summed E-state index contributed by atoms with van der Waals surface area (Å²) < 4.78 is 1.21. The maximum absolute atomic E-state index is 8.57. The monoisotopic (exact) mass is 271 g/mol. The van der Waals surface area contributed by atoms with Crippen LogP contribution in [0.25, 0.3) is 0 Å². The Morgan fingerprint density at radius 1 is 1.42 bits per heavy atom. The van der Waals surface area contributed by atoms with Crippen molar-refractivity contribution < 1.29 is 0 Å². The first-order chi connectivity index (χ1) is 5.65. The number of benzene rings is 1. The summed E-state index contributed by atoms with van der Waals surface area (Å²) in [6, 6.07) is 6.39. The van der Waals surface area contributed by atoms with Crippen LogP contribution in [0, 0.1) is 28.7 Å². The smallest absolute Gasteiger partial charge is 0.0669 e. The summed E-state index contributed by atoms with van der Waals surface area (Å²) in [7, 11) is 0. The lowest BCUT2D eigenvalue weighted by atomic mass is 10.0. The van der Waals surface area contributed by atoms with Crippen molar-refractivity contribution in [1.29, 1.82) is 5.26 Å². The zero-order chi connectivity index (χ0) is 9.14. The van der Waals surface area contributed by atoms with Crippen LogP contribution < -0.4 is 0 Å². The Bertz CT molecular complexity index is 336. The molecule has 0 bridgehead atoms. The van der Waals surface area contributed by atoms with Gasteiger partial charge in [0.15, 0.2) is 0 Å². The highest BCUT2D eigenvalue weighted by atomic mass is 127. The molecule has 0 aliphatic carbocycles. The number of rotatable bonds is 1. The Kier molecular flexibility index (Phi) is 3.10. The fourth-order valence-corrected chi connectivity index (χ4v) is 2.00. The number of hydrogen-bond donors (Lipinski definition) is 0. The minimum absolute atomic E-state index is 0.517. The second-order valence-corrected chi connectivity index (χ2v) is 4.09. The molecule has 1 aromatic rings. The van der Waals surface area contributed by atoms with E-state index in [1.807, 2.05) is 0 Å². The van der Waals surface area contributed by atoms with E-state index in [1.54, 1.807) is 0 Å². The first kappa shape index (κ1) is 9.53. The van der Waals surface area contributed by atoms with Crippen molar-refractivity contribution >= 4 is 22.6 Å². The topological polar surface area (TPSA) is 23.8 Å². The molecule has 0 radical (unpaired) electrons. The van der Waals surface area contributed by atoms with E-state index in [4.69, 9.17) is 5.26 Å². The van der Waals surface area contributed by atoms with Crippen LogP contribution in [0.4, 0.5) is 0 Å². The quantitative estimate of drug-likeness (QED) is 0.720. The lowest BCUT2D eigenvalue weighted by molar-refractivity contribution is 1.17. The van der Waals surface area contributed by atoms with Crippen molar-refractivity contribution in [2.24, 2.45) is 0 Å². The third-order valence-electron chi connectivity index (χ3n) is 2.01. The zero-order valence-electron chi connectivity index (χ0n) is 7.19.